The number of nitrogens with zero attached hydrogens (tertiary/aromatic N) is 2. The number of carbonyl (C=O) groups excluding carboxylic acids is 1. The van der Waals surface area contributed by atoms with E-state index < -0.39 is 0 Å². The van der Waals surface area contributed by atoms with Crippen molar-refractivity contribution in [2.45, 2.75) is 32.2 Å². The number of benzene rings is 1. The van der Waals surface area contributed by atoms with Crippen LogP contribution >= 0.6 is 15.9 Å². The van der Waals surface area contributed by atoms with Crippen LogP contribution < -0.4 is 0 Å². The standard InChI is InChI=1S/C17H23BrN2O/c18-16-7-1-4-14(12-16)13-19-8-3-9-20(11-10-19)17(21)15-5-2-6-15/h1,4,7,12,15H,2-3,5-6,8-11,13H2. The molecular formula is C17H23BrN2O. The Bertz CT molecular complexity index is 501. The summed E-state index contributed by atoms with van der Waals surface area (Å²) in [5.41, 5.74) is 1.34. The molecular weight excluding hydrogens is 328 g/mol. The van der Waals surface area contributed by atoms with E-state index in [0.717, 1.165) is 56.5 Å². The van der Waals surface area contributed by atoms with E-state index in [9.17, 15) is 4.79 Å². The Labute approximate surface area is 135 Å². The lowest BCUT2D eigenvalue weighted by molar-refractivity contribution is -0.138. The molecule has 1 aliphatic heterocycles. The minimum atomic E-state index is 0.335. The molecule has 21 heavy (non-hydrogen) atoms. The SMILES string of the molecule is O=C(C1CCC1)N1CCCN(Cc2cccc(Br)c2)CC1. The van der Waals surface area contributed by atoms with Crippen LogP contribution in [0.3, 0.4) is 0 Å². The number of amides is 1. The van der Waals surface area contributed by atoms with E-state index in [1.807, 2.05) is 0 Å². The van der Waals surface area contributed by atoms with Gasteiger partial charge in [-0.1, -0.05) is 34.5 Å². The van der Waals surface area contributed by atoms with Crippen LogP contribution in [0.5, 0.6) is 0 Å². The molecule has 3 nitrogen and oxygen atoms in total. The summed E-state index contributed by atoms with van der Waals surface area (Å²) in [6.07, 6.45) is 4.54. The minimum Gasteiger partial charge on any atom is -0.341 e. The van der Waals surface area contributed by atoms with Crippen molar-refractivity contribution in [1.29, 1.82) is 0 Å². The molecule has 0 aromatic heterocycles. The van der Waals surface area contributed by atoms with Gasteiger partial charge in [0.25, 0.3) is 0 Å². The Kier molecular flexibility index (Phi) is 4.96. The Morgan fingerprint density at radius 1 is 1.14 bits per heavy atom. The average Bonchev–Trinajstić information content (AvgIpc) is 2.62. The monoisotopic (exact) mass is 350 g/mol. The predicted octanol–water partition coefficient (Wildman–Crippen LogP) is 3.28. The Morgan fingerprint density at radius 2 is 2.00 bits per heavy atom. The second-order valence-corrected chi connectivity index (χ2v) is 7.13. The zero-order valence-corrected chi connectivity index (χ0v) is 14.0. The van der Waals surface area contributed by atoms with Gasteiger partial charge < -0.3 is 4.90 Å². The van der Waals surface area contributed by atoms with Gasteiger partial charge in [-0.2, -0.15) is 0 Å². The van der Waals surface area contributed by atoms with Gasteiger partial charge in [0, 0.05) is 43.1 Å². The van der Waals surface area contributed by atoms with Crippen molar-refractivity contribution in [3.63, 3.8) is 0 Å². The van der Waals surface area contributed by atoms with Crippen molar-refractivity contribution in [3.05, 3.63) is 34.3 Å². The largest absolute Gasteiger partial charge is 0.341 e. The summed E-state index contributed by atoms with van der Waals surface area (Å²) >= 11 is 3.53. The third-order valence-electron chi connectivity index (χ3n) is 4.65. The van der Waals surface area contributed by atoms with Crippen molar-refractivity contribution in [1.82, 2.24) is 9.80 Å². The summed E-state index contributed by atoms with van der Waals surface area (Å²) in [5.74, 6) is 0.743. The summed E-state index contributed by atoms with van der Waals surface area (Å²) in [5, 5.41) is 0. The molecule has 1 aliphatic carbocycles. The highest BCUT2D eigenvalue weighted by molar-refractivity contribution is 9.10. The average molecular weight is 351 g/mol. The van der Waals surface area contributed by atoms with Crippen LogP contribution in [0.25, 0.3) is 0 Å². The van der Waals surface area contributed by atoms with Gasteiger partial charge in [0.05, 0.1) is 0 Å². The molecule has 4 heteroatoms. The van der Waals surface area contributed by atoms with E-state index in [4.69, 9.17) is 0 Å². The maximum atomic E-state index is 12.3. The van der Waals surface area contributed by atoms with E-state index in [0.29, 0.717) is 11.8 Å². The van der Waals surface area contributed by atoms with Crippen molar-refractivity contribution in [2.24, 2.45) is 5.92 Å². The zero-order chi connectivity index (χ0) is 14.7. The smallest absolute Gasteiger partial charge is 0.225 e. The molecule has 1 aromatic carbocycles. The van der Waals surface area contributed by atoms with Gasteiger partial charge in [0.15, 0.2) is 0 Å². The summed E-state index contributed by atoms with van der Waals surface area (Å²) in [7, 11) is 0. The van der Waals surface area contributed by atoms with Crippen molar-refractivity contribution >= 4 is 21.8 Å². The van der Waals surface area contributed by atoms with Crippen LogP contribution in [-0.2, 0) is 11.3 Å². The van der Waals surface area contributed by atoms with E-state index in [1.54, 1.807) is 0 Å². The third-order valence-corrected chi connectivity index (χ3v) is 5.14. The number of halogens is 1. The van der Waals surface area contributed by atoms with Gasteiger partial charge in [-0.3, -0.25) is 9.69 Å². The molecule has 1 amide bonds. The highest BCUT2D eigenvalue weighted by Gasteiger charge is 2.30. The van der Waals surface area contributed by atoms with E-state index in [2.05, 4.69) is 50.0 Å². The second kappa shape index (κ2) is 6.93. The van der Waals surface area contributed by atoms with Gasteiger partial charge >= 0.3 is 0 Å². The molecule has 0 unspecified atom stereocenters. The van der Waals surface area contributed by atoms with E-state index in [-0.39, 0.29) is 0 Å². The maximum Gasteiger partial charge on any atom is 0.225 e. The van der Waals surface area contributed by atoms with Gasteiger partial charge in [-0.15, -0.1) is 0 Å². The Morgan fingerprint density at radius 3 is 2.71 bits per heavy atom. The van der Waals surface area contributed by atoms with Crippen LogP contribution in [0, 0.1) is 5.92 Å². The first-order valence-corrected chi connectivity index (χ1v) is 8.77. The predicted molar refractivity (Wildman–Crippen MR) is 88.0 cm³/mol. The first-order valence-electron chi connectivity index (χ1n) is 7.98. The van der Waals surface area contributed by atoms with Gasteiger partial charge in [-0.25, -0.2) is 0 Å². The van der Waals surface area contributed by atoms with Crippen LogP contribution in [0.15, 0.2) is 28.7 Å². The molecule has 1 heterocycles. The molecule has 1 saturated heterocycles. The highest BCUT2D eigenvalue weighted by Crippen LogP contribution is 2.28. The van der Waals surface area contributed by atoms with Gasteiger partial charge in [0.2, 0.25) is 5.91 Å². The van der Waals surface area contributed by atoms with Crippen molar-refractivity contribution < 1.29 is 4.79 Å². The first-order chi connectivity index (χ1) is 10.2. The molecule has 1 aromatic rings. The molecule has 0 bridgehead atoms. The lowest BCUT2D eigenvalue weighted by atomic mass is 9.84. The number of hydrogen-bond donors (Lipinski definition) is 0. The number of rotatable bonds is 3. The first kappa shape index (κ1) is 15.0. The number of carbonyl (C=O) groups is 1. The zero-order valence-electron chi connectivity index (χ0n) is 12.4. The second-order valence-electron chi connectivity index (χ2n) is 6.21. The van der Waals surface area contributed by atoms with Gasteiger partial charge in [0.1, 0.15) is 0 Å². The van der Waals surface area contributed by atoms with Crippen LogP contribution in [0.2, 0.25) is 0 Å². The fourth-order valence-electron chi connectivity index (χ4n) is 3.16. The molecule has 3 rings (SSSR count). The Balaban J connectivity index is 1.54. The molecule has 1 saturated carbocycles. The van der Waals surface area contributed by atoms with E-state index in [1.165, 1.54) is 12.0 Å². The quantitative estimate of drug-likeness (QED) is 0.834. The van der Waals surface area contributed by atoms with Gasteiger partial charge in [-0.05, 0) is 37.0 Å². The van der Waals surface area contributed by atoms with E-state index >= 15 is 0 Å². The Hall–Kier alpha value is -0.870. The number of hydrogen-bond acceptors (Lipinski definition) is 2. The minimum absolute atomic E-state index is 0.335. The molecule has 0 radical (unpaired) electrons. The molecule has 2 fully saturated rings. The highest BCUT2D eigenvalue weighted by atomic mass is 79.9. The fraction of sp³-hybridized carbons (Fsp3) is 0.588. The normalized spacial score (nSPS) is 20.9. The summed E-state index contributed by atoms with van der Waals surface area (Å²) < 4.78 is 1.14. The lowest BCUT2D eigenvalue weighted by Gasteiger charge is -2.31. The van der Waals surface area contributed by atoms with Crippen molar-refractivity contribution in [2.75, 3.05) is 26.2 Å². The van der Waals surface area contributed by atoms with Crippen LogP contribution in [-0.4, -0.2) is 41.9 Å². The van der Waals surface area contributed by atoms with Crippen LogP contribution in [0.1, 0.15) is 31.2 Å². The topological polar surface area (TPSA) is 23.6 Å². The summed E-state index contributed by atoms with van der Waals surface area (Å²) in [6, 6.07) is 8.50. The fourth-order valence-corrected chi connectivity index (χ4v) is 3.60. The summed E-state index contributed by atoms with van der Waals surface area (Å²) in [4.78, 5) is 16.9. The summed E-state index contributed by atoms with van der Waals surface area (Å²) in [6.45, 7) is 4.88. The molecule has 0 N–H and O–H groups in total. The third kappa shape index (κ3) is 3.86. The van der Waals surface area contributed by atoms with Crippen LogP contribution in [0.4, 0.5) is 0 Å². The lowest BCUT2D eigenvalue weighted by Crippen LogP contribution is -2.41. The molecule has 0 atom stereocenters. The maximum absolute atomic E-state index is 12.3. The van der Waals surface area contributed by atoms with Crippen molar-refractivity contribution in [3.8, 4) is 0 Å². The molecule has 2 aliphatic rings. The molecule has 0 spiro atoms. The molecule has 114 valence electrons.